The summed E-state index contributed by atoms with van der Waals surface area (Å²) in [4.78, 5) is 14.7. The van der Waals surface area contributed by atoms with Crippen LogP contribution in [0.5, 0.6) is 5.75 Å². The third kappa shape index (κ3) is 7.83. The molecule has 1 aromatic rings. The van der Waals surface area contributed by atoms with Gasteiger partial charge >= 0.3 is 6.09 Å². The van der Waals surface area contributed by atoms with E-state index in [2.05, 4.69) is 24.1 Å². The summed E-state index contributed by atoms with van der Waals surface area (Å²) in [6.07, 6.45) is 5.96. The van der Waals surface area contributed by atoms with Gasteiger partial charge in [0.2, 0.25) is 0 Å². The van der Waals surface area contributed by atoms with Crippen molar-refractivity contribution in [3.63, 3.8) is 0 Å². The fourth-order valence-electron chi connectivity index (χ4n) is 2.95. The Morgan fingerprint density at radius 1 is 1.15 bits per heavy atom. The summed E-state index contributed by atoms with van der Waals surface area (Å²) < 4.78 is 11.3. The van der Waals surface area contributed by atoms with E-state index in [0.29, 0.717) is 18.0 Å². The SMILES string of the molecule is CCCCOc1ccccc1NC(=O)OC1CCN(CCCC)CC1.Cl. The van der Waals surface area contributed by atoms with Crippen molar-refractivity contribution >= 4 is 24.2 Å². The van der Waals surface area contributed by atoms with Crippen LogP contribution in [-0.2, 0) is 4.74 Å². The van der Waals surface area contributed by atoms with Gasteiger partial charge in [-0.25, -0.2) is 4.79 Å². The molecule has 5 nitrogen and oxygen atoms in total. The molecule has 148 valence electrons. The first-order chi connectivity index (χ1) is 12.2. The zero-order chi connectivity index (χ0) is 17.9. The molecule has 0 aromatic heterocycles. The number of hydrogen-bond acceptors (Lipinski definition) is 4. The standard InChI is InChI=1S/C20H32N2O3.ClH/c1-3-5-13-22-14-11-17(12-15-22)25-20(23)21-18-9-7-8-10-19(18)24-16-6-4-2;/h7-10,17H,3-6,11-16H2,1-2H3,(H,21,23);1H. The molecule has 1 amide bonds. The molecule has 1 heterocycles. The van der Waals surface area contributed by atoms with Gasteiger partial charge in [0.15, 0.2) is 0 Å². The Morgan fingerprint density at radius 3 is 2.54 bits per heavy atom. The van der Waals surface area contributed by atoms with E-state index in [1.165, 1.54) is 12.8 Å². The van der Waals surface area contributed by atoms with Gasteiger partial charge in [-0.1, -0.05) is 38.8 Å². The van der Waals surface area contributed by atoms with Crippen molar-refractivity contribution in [3.8, 4) is 5.75 Å². The largest absolute Gasteiger partial charge is 0.491 e. The third-order valence-electron chi connectivity index (χ3n) is 4.52. The molecular weight excluding hydrogens is 352 g/mol. The van der Waals surface area contributed by atoms with Crippen LogP contribution in [0.1, 0.15) is 52.4 Å². The second-order valence-electron chi connectivity index (χ2n) is 6.62. The first kappa shape index (κ1) is 22.6. The summed E-state index contributed by atoms with van der Waals surface area (Å²) in [5.41, 5.74) is 0.670. The van der Waals surface area contributed by atoms with E-state index in [-0.39, 0.29) is 18.5 Å². The summed E-state index contributed by atoms with van der Waals surface area (Å²) in [5.74, 6) is 0.697. The number of unbranched alkanes of at least 4 members (excludes halogenated alkanes) is 2. The lowest BCUT2D eigenvalue weighted by atomic mass is 10.1. The molecule has 1 saturated heterocycles. The van der Waals surface area contributed by atoms with E-state index < -0.39 is 6.09 Å². The first-order valence-corrected chi connectivity index (χ1v) is 9.64. The number of rotatable bonds is 9. The molecule has 0 bridgehead atoms. The topological polar surface area (TPSA) is 50.8 Å². The highest BCUT2D eigenvalue weighted by atomic mass is 35.5. The predicted molar refractivity (Wildman–Crippen MR) is 109 cm³/mol. The van der Waals surface area contributed by atoms with Crippen LogP contribution >= 0.6 is 12.4 Å². The zero-order valence-electron chi connectivity index (χ0n) is 16.0. The Bertz CT molecular complexity index is 520. The molecule has 0 saturated carbocycles. The molecule has 1 aliphatic rings. The Hall–Kier alpha value is -1.46. The van der Waals surface area contributed by atoms with E-state index in [4.69, 9.17) is 9.47 Å². The van der Waals surface area contributed by atoms with Gasteiger partial charge in [0.05, 0.1) is 12.3 Å². The molecule has 0 aliphatic carbocycles. The molecule has 1 N–H and O–H groups in total. The number of anilines is 1. The van der Waals surface area contributed by atoms with Crippen LogP contribution in [0.15, 0.2) is 24.3 Å². The minimum Gasteiger partial charge on any atom is -0.491 e. The maximum absolute atomic E-state index is 12.2. The second-order valence-corrected chi connectivity index (χ2v) is 6.62. The maximum Gasteiger partial charge on any atom is 0.412 e. The quantitative estimate of drug-likeness (QED) is 0.601. The van der Waals surface area contributed by atoms with E-state index in [1.54, 1.807) is 0 Å². The summed E-state index contributed by atoms with van der Waals surface area (Å²) in [5, 5.41) is 2.83. The number of benzene rings is 1. The van der Waals surface area contributed by atoms with Crippen LogP contribution in [-0.4, -0.2) is 43.3 Å². The number of ether oxygens (including phenoxy) is 2. The van der Waals surface area contributed by atoms with Gasteiger partial charge in [-0.3, -0.25) is 5.32 Å². The van der Waals surface area contributed by atoms with E-state index >= 15 is 0 Å². The minimum absolute atomic E-state index is 0. The van der Waals surface area contributed by atoms with Gasteiger partial charge < -0.3 is 14.4 Å². The number of para-hydroxylation sites is 2. The number of nitrogens with one attached hydrogen (secondary N) is 1. The van der Waals surface area contributed by atoms with E-state index in [1.807, 2.05) is 24.3 Å². The fraction of sp³-hybridized carbons (Fsp3) is 0.650. The van der Waals surface area contributed by atoms with Crippen molar-refractivity contribution in [1.29, 1.82) is 0 Å². The van der Waals surface area contributed by atoms with E-state index in [0.717, 1.165) is 45.3 Å². The Labute approximate surface area is 163 Å². The van der Waals surface area contributed by atoms with Crippen molar-refractivity contribution in [3.05, 3.63) is 24.3 Å². The monoisotopic (exact) mass is 384 g/mol. The van der Waals surface area contributed by atoms with Crippen LogP contribution in [0.4, 0.5) is 10.5 Å². The minimum atomic E-state index is -0.390. The van der Waals surface area contributed by atoms with Crippen LogP contribution < -0.4 is 10.1 Å². The van der Waals surface area contributed by atoms with Gasteiger partial charge in [0, 0.05) is 13.1 Å². The average Bonchev–Trinajstić information content (AvgIpc) is 2.63. The van der Waals surface area contributed by atoms with Gasteiger partial charge in [-0.05, 0) is 44.4 Å². The average molecular weight is 385 g/mol. The normalized spacial score (nSPS) is 15.2. The maximum atomic E-state index is 12.2. The zero-order valence-corrected chi connectivity index (χ0v) is 16.9. The lowest BCUT2D eigenvalue weighted by molar-refractivity contribution is 0.0586. The molecule has 1 aliphatic heterocycles. The van der Waals surface area contributed by atoms with Gasteiger partial charge in [-0.2, -0.15) is 0 Å². The molecule has 26 heavy (non-hydrogen) atoms. The molecule has 2 rings (SSSR count). The van der Waals surface area contributed by atoms with Crippen LogP contribution in [0, 0.1) is 0 Å². The molecule has 1 fully saturated rings. The number of piperidine rings is 1. The summed E-state index contributed by atoms with van der Waals surface area (Å²) in [6.45, 7) is 8.16. The Kier molecular flexibility index (Phi) is 11.1. The number of amides is 1. The Balaban J connectivity index is 0.00000338. The number of halogens is 1. The van der Waals surface area contributed by atoms with Crippen molar-refractivity contribution in [1.82, 2.24) is 4.90 Å². The van der Waals surface area contributed by atoms with Crippen molar-refractivity contribution in [2.75, 3.05) is 31.6 Å². The number of carbonyl (C=O) groups excluding carboxylic acids is 1. The lowest BCUT2D eigenvalue weighted by Crippen LogP contribution is -2.38. The van der Waals surface area contributed by atoms with Crippen molar-refractivity contribution in [2.24, 2.45) is 0 Å². The van der Waals surface area contributed by atoms with Gasteiger partial charge in [0.1, 0.15) is 11.9 Å². The molecule has 0 unspecified atom stereocenters. The third-order valence-corrected chi connectivity index (χ3v) is 4.52. The van der Waals surface area contributed by atoms with Crippen molar-refractivity contribution < 1.29 is 14.3 Å². The second kappa shape index (κ2) is 12.8. The summed E-state index contributed by atoms with van der Waals surface area (Å²) in [7, 11) is 0. The highest BCUT2D eigenvalue weighted by Gasteiger charge is 2.22. The first-order valence-electron chi connectivity index (χ1n) is 9.64. The molecule has 0 spiro atoms. The molecule has 6 heteroatoms. The van der Waals surface area contributed by atoms with Crippen LogP contribution in [0.3, 0.4) is 0 Å². The highest BCUT2D eigenvalue weighted by molar-refractivity contribution is 5.86. The number of nitrogens with zero attached hydrogens (tertiary/aromatic N) is 1. The highest BCUT2D eigenvalue weighted by Crippen LogP contribution is 2.24. The van der Waals surface area contributed by atoms with E-state index in [9.17, 15) is 4.79 Å². The summed E-state index contributed by atoms with van der Waals surface area (Å²) >= 11 is 0. The molecular formula is C20H33ClN2O3. The number of hydrogen-bond donors (Lipinski definition) is 1. The van der Waals surface area contributed by atoms with Crippen molar-refractivity contribution in [2.45, 2.75) is 58.5 Å². The molecule has 0 radical (unpaired) electrons. The number of likely N-dealkylation sites (tertiary alicyclic amines) is 1. The summed E-state index contributed by atoms with van der Waals surface area (Å²) in [6, 6.07) is 7.51. The van der Waals surface area contributed by atoms with Gasteiger partial charge in [-0.15, -0.1) is 12.4 Å². The molecule has 0 atom stereocenters. The lowest BCUT2D eigenvalue weighted by Gasteiger charge is -2.31. The van der Waals surface area contributed by atoms with Crippen LogP contribution in [0.2, 0.25) is 0 Å². The Morgan fingerprint density at radius 2 is 1.85 bits per heavy atom. The molecule has 1 aromatic carbocycles. The predicted octanol–water partition coefficient (Wildman–Crippen LogP) is 5.10. The van der Waals surface area contributed by atoms with Crippen LogP contribution in [0.25, 0.3) is 0 Å². The number of carbonyl (C=O) groups is 1. The smallest absolute Gasteiger partial charge is 0.412 e. The fourth-order valence-corrected chi connectivity index (χ4v) is 2.95. The van der Waals surface area contributed by atoms with Gasteiger partial charge in [0.25, 0.3) is 0 Å².